The van der Waals surface area contributed by atoms with Gasteiger partial charge in [0.2, 0.25) is 0 Å². The Labute approximate surface area is 200 Å². The van der Waals surface area contributed by atoms with Crippen molar-refractivity contribution in [2.75, 3.05) is 13.1 Å². The maximum atomic E-state index is 14.8. The van der Waals surface area contributed by atoms with E-state index in [1.165, 1.54) is 12.5 Å². The van der Waals surface area contributed by atoms with Gasteiger partial charge in [0.25, 0.3) is 5.91 Å². The van der Waals surface area contributed by atoms with Crippen molar-refractivity contribution >= 4 is 43.6 Å². The summed E-state index contributed by atoms with van der Waals surface area (Å²) in [6.07, 6.45) is 6.30. The predicted octanol–water partition coefficient (Wildman–Crippen LogP) is 5.78. The van der Waals surface area contributed by atoms with E-state index in [2.05, 4.69) is 31.2 Å². The number of fused-ring (bicyclic) bond motifs is 2. The van der Waals surface area contributed by atoms with Crippen LogP contribution in [0.3, 0.4) is 0 Å². The molecule has 1 aliphatic carbocycles. The number of para-hydroxylation sites is 1. The van der Waals surface area contributed by atoms with Crippen molar-refractivity contribution in [2.24, 2.45) is 17.6 Å². The molecule has 0 spiro atoms. The maximum Gasteiger partial charge on any atom is 0.252 e. The first-order chi connectivity index (χ1) is 16.0. The molecule has 0 radical (unpaired) electrons. The first-order valence-electron chi connectivity index (χ1n) is 11.4. The third kappa shape index (κ3) is 4.39. The molecular weight excluding hydrogens is 483 g/mol. The summed E-state index contributed by atoms with van der Waals surface area (Å²) in [4.78, 5) is 21.1. The lowest BCUT2D eigenvalue weighted by atomic mass is 9.81. The van der Waals surface area contributed by atoms with E-state index < -0.39 is 5.82 Å². The van der Waals surface area contributed by atoms with Crippen LogP contribution in [-0.2, 0) is 0 Å². The molecule has 2 aromatic heterocycles. The summed E-state index contributed by atoms with van der Waals surface area (Å²) in [5.41, 5.74) is 8.83. The largest absolute Gasteiger partial charge is 0.360 e. The molecule has 4 N–H and O–H groups in total. The number of nitrogens with zero attached hydrogens (tertiary/aromatic N) is 1. The molecular formula is C26H26BrFN4O. The van der Waals surface area contributed by atoms with Gasteiger partial charge in [-0.2, -0.15) is 0 Å². The van der Waals surface area contributed by atoms with Crippen LogP contribution in [0.4, 0.5) is 4.39 Å². The van der Waals surface area contributed by atoms with Crippen LogP contribution in [0.2, 0.25) is 0 Å². The lowest BCUT2D eigenvalue weighted by Crippen LogP contribution is -2.33. The average Bonchev–Trinajstić information content (AvgIpc) is 3.25. The molecule has 2 unspecified atom stereocenters. The second kappa shape index (κ2) is 9.23. The smallest absolute Gasteiger partial charge is 0.252 e. The average molecular weight is 509 g/mol. The first kappa shape index (κ1) is 22.0. The zero-order valence-electron chi connectivity index (χ0n) is 18.2. The van der Waals surface area contributed by atoms with E-state index in [1.807, 2.05) is 24.4 Å². The number of H-pyrrole nitrogens is 1. The molecule has 1 saturated carbocycles. The topological polar surface area (TPSA) is 83.8 Å². The standard InChI is InChI=1S/C26H26BrFN4O/c27-17-7-8-23-19(10-17)21(14-30-23)24-11-20(18-5-2-6-22(28)25(18)32-24)26(33)31-13-16-4-1-3-15(9-16)12-29/h2,5-8,10-11,14-16,30H,1,3-4,9,12-13,29H2,(H,31,33). The summed E-state index contributed by atoms with van der Waals surface area (Å²) < 4.78 is 15.7. The number of carbonyl (C=O) groups is 1. The van der Waals surface area contributed by atoms with Gasteiger partial charge in [0.15, 0.2) is 0 Å². The molecule has 4 aromatic rings. The third-order valence-corrected chi connectivity index (χ3v) is 7.22. The second-order valence-corrected chi connectivity index (χ2v) is 9.84. The molecule has 5 nitrogen and oxygen atoms in total. The molecule has 1 fully saturated rings. The SMILES string of the molecule is NCC1CCCC(CNC(=O)c2cc(-c3c[nH]c4ccc(Br)cc34)nc3c(F)cccc23)C1. The Bertz CT molecular complexity index is 1330. The van der Waals surface area contributed by atoms with E-state index in [0.29, 0.717) is 41.6 Å². The van der Waals surface area contributed by atoms with Crippen molar-refractivity contribution in [1.82, 2.24) is 15.3 Å². The number of halogens is 2. The molecule has 2 heterocycles. The van der Waals surface area contributed by atoms with Crippen molar-refractivity contribution in [2.45, 2.75) is 25.7 Å². The van der Waals surface area contributed by atoms with Crippen molar-refractivity contribution < 1.29 is 9.18 Å². The minimum absolute atomic E-state index is 0.199. The lowest BCUT2D eigenvalue weighted by molar-refractivity contribution is 0.0942. The van der Waals surface area contributed by atoms with E-state index in [0.717, 1.165) is 40.2 Å². The van der Waals surface area contributed by atoms with E-state index in [4.69, 9.17) is 5.73 Å². The van der Waals surface area contributed by atoms with E-state index in [1.54, 1.807) is 18.2 Å². The van der Waals surface area contributed by atoms with Crippen molar-refractivity contribution in [1.29, 1.82) is 0 Å². The van der Waals surface area contributed by atoms with Crippen LogP contribution >= 0.6 is 15.9 Å². The second-order valence-electron chi connectivity index (χ2n) is 8.93. The minimum atomic E-state index is -0.442. The summed E-state index contributed by atoms with van der Waals surface area (Å²) in [5, 5.41) is 4.57. The predicted molar refractivity (Wildman–Crippen MR) is 134 cm³/mol. The number of aromatic nitrogens is 2. The van der Waals surface area contributed by atoms with Crippen molar-refractivity contribution in [3.8, 4) is 11.3 Å². The van der Waals surface area contributed by atoms with Crippen LogP contribution in [0.1, 0.15) is 36.0 Å². The lowest BCUT2D eigenvalue weighted by Gasteiger charge is -2.28. The number of nitrogens with two attached hydrogens (primary N) is 1. The fraction of sp³-hybridized carbons (Fsp3) is 0.308. The Morgan fingerprint density at radius 3 is 2.88 bits per heavy atom. The highest BCUT2D eigenvalue weighted by atomic mass is 79.9. The number of hydrogen-bond donors (Lipinski definition) is 3. The molecule has 1 amide bonds. The van der Waals surface area contributed by atoms with Gasteiger partial charge in [0.05, 0.1) is 11.3 Å². The molecule has 0 saturated heterocycles. The summed E-state index contributed by atoms with van der Waals surface area (Å²) in [5.74, 6) is 0.309. The van der Waals surface area contributed by atoms with Crippen LogP contribution < -0.4 is 11.1 Å². The third-order valence-electron chi connectivity index (χ3n) is 6.73. The van der Waals surface area contributed by atoms with E-state index in [9.17, 15) is 9.18 Å². The molecule has 0 bridgehead atoms. The highest BCUT2D eigenvalue weighted by molar-refractivity contribution is 9.10. The van der Waals surface area contributed by atoms with Crippen LogP contribution in [0.5, 0.6) is 0 Å². The Hall–Kier alpha value is -2.77. The molecule has 1 aliphatic rings. The zero-order chi connectivity index (χ0) is 22.9. The van der Waals surface area contributed by atoms with Gasteiger partial charge < -0.3 is 16.0 Å². The number of hydrogen-bond acceptors (Lipinski definition) is 3. The van der Waals surface area contributed by atoms with Gasteiger partial charge in [0.1, 0.15) is 11.3 Å². The molecule has 33 heavy (non-hydrogen) atoms. The highest BCUT2D eigenvalue weighted by Crippen LogP contribution is 2.33. The van der Waals surface area contributed by atoms with Crippen LogP contribution in [0.25, 0.3) is 33.1 Å². The molecule has 5 rings (SSSR count). The van der Waals surface area contributed by atoms with Gasteiger partial charge in [-0.25, -0.2) is 9.37 Å². The van der Waals surface area contributed by atoms with Gasteiger partial charge in [-0.1, -0.05) is 34.5 Å². The van der Waals surface area contributed by atoms with Crippen LogP contribution in [0.15, 0.2) is 53.1 Å². The van der Waals surface area contributed by atoms with E-state index in [-0.39, 0.29) is 11.4 Å². The highest BCUT2D eigenvalue weighted by Gasteiger charge is 2.23. The van der Waals surface area contributed by atoms with Crippen LogP contribution in [0, 0.1) is 17.7 Å². The maximum absolute atomic E-state index is 14.8. The number of pyridine rings is 1. The Balaban J connectivity index is 1.52. The van der Waals surface area contributed by atoms with Crippen LogP contribution in [-0.4, -0.2) is 29.0 Å². The van der Waals surface area contributed by atoms with Gasteiger partial charge in [-0.3, -0.25) is 4.79 Å². The minimum Gasteiger partial charge on any atom is -0.360 e. The number of nitrogens with one attached hydrogen (secondary N) is 2. The van der Waals surface area contributed by atoms with Gasteiger partial charge in [-0.05, 0) is 68.0 Å². The van der Waals surface area contributed by atoms with Gasteiger partial charge in [-0.15, -0.1) is 0 Å². The number of amides is 1. The molecule has 2 aromatic carbocycles. The van der Waals surface area contributed by atoms with E-state index >= 15 is 0 Å². The summed E-state index contributed by atoms with van der Waals surface area (Å²) in [6, 6.07) is 12.4. The monoisotopic (exact) mass is 508 g/mol. The van der Waals surface area contributed by atoms with Crippen molar-refractivity contribution in [3.63, 3.8) is 0 Å². The number of rotatable bonds is 5. The Kier molecular flexibility index (Phi) is 6.17. The molecule has 170 valence electrons. The molecule has 0 aliphatic heterocycles. The Morgan fingerprint density at radius 1 is 1.18 bits per heavy atom. The fourth-order valence-electron chi connectivity index (χ4n) is 4.98. The fourth-order valence-corrected chi connectivity index (χ4v) is 5.34. The summed E-state index contributed by atoms with van der Waals surface area (Å²) in [7, 11) is 0. The van der Waals surface area contributed by atoms with Crippen molar-refractivity contribution in [3.05, 3.63) is 64.5 Å². The van der Waals surface area contributed by atoms with Gasteiger partial charge in [0, 0.05) is 39.1 Å². The molecule has 7 heteroatoms. The number of aromatic amines is 1. The number of carbonyl (C=O) groups excluding carboxylic acids is 1. The summed E-state index contributed by atoms with van der Waals surface area (Å²) >= 11 is 3.51. The Morgan fingerprint density at radius 2 is 2.03 bits per heavy atom. The molecule has 2 atom stereocenters. The number of benzene rings is 2. The zero-order valence-corrected chi connectivity index (χ0v) is 19.8. The first-order valence-corrected chi connectivity index (χ1v) is 12.2. The normalized spacial score (nSPS) is 18.6. The quantitative estimate of drug-likeness (QED) is 0.319. The summed E-state index contributed by atoms with van der Waals surface area (Å²) in [6.45, 7) is 1.30. The van der Waals surface area contributed by atoms with Gasteiger partial charge >= 0.3 is 0 Å².